The molecule has 0 aliphatic heterocycles. The van der Waals surface area contributed by atoms with Crippen molar-refractivity contribution in [3.63, 3.8) is 0 Å². The number of rotatable bonds is 17. The molecule has 6 rings (SSSR count). The van der Waals surface area contributed by atoms with Gasteiger partial charge in [0.15, 0.2) is 21.5 Å². The Labute approximate surface area is 374 Å². The van der Waals surface area contributed by atoms with Crippen LogP contribution in [0.1, 0.15) is 35.0 Å². The molecule has 30 heteroatoms. The number of aromatic hydroxyl groups is 2. The lowest BCUT2D eigenvalue weighted by Gasteiger charge is -2.11. The van der Waals surface area contributed by atoms with Crippen LogP contribution in [-0.2, 0) is 30.4 Å². The average molecular weight is 993 g/mol. The molecule has 0 radical (unpaired) electrons. The third-order valence-electron chi connectivity index (χ3n) is 8.72. The maximum absolute atomic E-state index is 13.4. The minimum absolute atomic E-state index is 0.0462. The number of aromatic amines is 1. The molecular weight excluding hydrogens is 961 g/mol. The van der Waals surface area contributed by atoms with Crippen LogP contribution in [0.2, 0.25) is 0 Å². The molecule has 6 aromatic rings. The van der Waals surface area contributed by atoms with E-state index in [1.165, 1.54) is 48.2 Å². The van der Waals surface area contributed by atoms with Crippen LogP contribution in [0.15, 0.2) is 98.1 Å². The molecule has 0 fully saturated rings. The molecule has 0 spiro atoms. The van der Waals surface area contributed by atoms with Gasteiger partial charge in [-0.3, -0.25) is 23.6 Å². The summed E-state index contributed by atoms with van der Waals surface area (Å²) in [7, 11) is -14.5. The normalized spacial score (nSPS) is 12.6. The summed E-state index contributed by atoms with van der Waals surface area (Å²) in [5, 5.41) is 66.0. The second kappa shape index (κ2) is 18.9. The van der Waals surface area contributed by atoms with Crippen LogP contribution in [0.5, 0.6) is 17.2 Å². The smallest absolute Gasteiger partial charge is 0.339 e. The van der Waals surface area contributed by atoms with Gasteiger partial charge in [-0.15, -0.1) is 40.9 Å². The first-order chi connectivity index (χ1) is 30.5. The van der Waals surface area contributed by atoms with E-state index in [0.29, 0.717) is 32.4 Å². The summed E-state index contributed by atoms with van der Waals surface area (Å²) >= 11 is 2.70. The van der Waals surface area contributed by atoms with Gasteiger partial charge >= 0.3 is 5.97 Å². The van der Waals surface area contributed by atoms with E-state index < -0.39 is 91.6 Å². The lowest BCUT2D eigenvalue weighted by molar-refractivity contribution is 0.0693. The number of carboxylic acid groups (broad SMARTS) is 1. The summed E-state index contributed by atoms with van der Waals surface area (Å²) in [6, 6.07) is 8.55. The molecule has 0 unspecified atom stereocenters. The monoisotopic (exact) mass is 992 g/mol. The number of nitrogens with one attached hydrogen (secondary N) is 1. The summed E-state index contributed by atoms with van der Waals surface area (Å²) in [4.78, 5) is 23.3. The Balaban J connectivity index is 1.36. The summed E-state index contributed by atoms with van der Waals surface area (Å²) in [6.45, 7) is 4.71. The molecule has 4 aromatic carbocycles. The maximum Gasteiger partial charge on any atom is 0.339 e. The lowest BCUT2D eigenvalue weighted by Crippen LogP contribution is -2.16. The van der Waals surface area contributed by atoms with Gasteiger partial charge in [-0.05, 0) is 68.0 Å². The van der Waals surface area contributed by atoms with Crippen LogP contribution in [-0.4, -0.2) is 98.3 Å². The number of hydrogen-bond acceptors (Lipinski definition) is 21. The van der Waals surface area contributed by atoms with Crippen molar-refractivity contribution in [3.05, 3.63) is 75.7 Å². The van der Waals surface area contributed by atoms with Gasteiger partial charge < -0.3 is 20.1 Å². The zero-order valence-corrected chi connectivity index (χ0v) is 37.5. The van der Waals surface area contributed by atoms with Gasteiger partial charge in [0.1, 0.15) is 39.0 Å². The number of benzene rings is 4. The van der Waals surface area contributed by atoms with Crippen molar-refractivity contribution in [2.75, 3.05) is 18.1 Å². The Morgan fingerprint density at radius 1 is 0.815 bits per heavy atom. The summed E-state index contributed by atoms with van der Waals surface area (Å²) in [5.41, 5.74) is -3.37. The van der Waals surface area contributed by atoms with E-state index in [2.05, 4.69) is 46.0 Å². The molecule has 0 aliphatic rings. The van der Waals surface area contributed by atoms with Crippen LogP contribution >= 0.6 is 23.1 Å². The maximum atomic E-state index is 13.4. The fraction of sp³-hybridized carbons (Fsp3) is 0.200. The van der Waals surface area contributed by atoms with Gasteiger partial charge in [0, 0.05) is 16.8 Å². The van der Waals surface area contributed by atoms with E-state index in [-0.39, 0.29) is 51.7 Å². The Morgan fingerprint density at radius 2 is 1.48 bits per heavy atom. The number of thioether (sulfide) groups is 1. The number of fused-ring (bicyclic) bond motifs is 1. The number of carboxylic acids is 1. The number of aromatic nitrogens is 4. The highest BCUT2D eigenvalue weighted by atomic mass is 32.2. The van der Waals surface area contributed by atoms with Crippen molar-refractivity contribution in [2.24, 2.45) is 30.7 Å². The molecule has 65 heavy (non-hydrogen) atoms. The summed E-state index contributed by atoms with van der Waals surface area (Å²) in [6.07, 6.45) is -0.108. The Hall–Kier alpha value is -6.54. The molecule has 25 nitrogen and oxygen atoms in total. The first-order valence-corrected chi connectivity index (χ1v) is 24.4. The zero-order chi connectivity index (χ0) is 47.6. The molecule has 0 atom stereocenters. The minimum atomic E-state index is -5.18. The number of phenols is 2. The molecule has 0 amide bonds. The lowest BCUT2D eigenvalue weighted by atomic mass is 10.1. The summed E-state index contributed by atoms with van der Waals surface area (Å²) < 4.78 is 108. The van der Waals surface area contributed by atoms with Crippen molar-refractivity contribution in [2.45, 2.75) is 41.3 Å². The molecule has 0 aliphatic carbocycles. The molecule has 0 saturated heterocycles. The van der Waals surface area contributed by atoms with E-state index >= 15 is 0 Å². The van der Waals surface area contributed by atoms with E-state index in [1.807, 2.05) is 6.92 Å². The van der Waals surface area contributed by atoms with E-state index in [0.717, 1.165) is 24.0 Å². The zero-order valence-electron chi connectivity index (χ0n) is 33.4. The first kappa shape index (κ1) is 47.9. The number of aromatic carboxylic acids is 1. The quantitative estimate of drug-likeness (QED) is 0.0202. The van der Waals surface area contributed by atoms with Crippen LogP contribution < -0.4 is 10.3 Å². The largest absolute Gasteiger partial charge is 0.505 e. The van der Waals surface area contributed by atoms with Gasteiger partial charge in [0.05, 0.1) is 28.6 Å². The van der Waals surface area contributed by atoms with Crippen LogP contribution in [0.4, 0.5) is 33.6 Å². The molecule has 342 valence electrons. The minimum Gasteiger partial charge on any atom is -0.505 e. The van der Waals surface area contributed by atoms with Gasteiger partial charge in [0.2, 0.25) is 0 Å². The van der Waals surface area contributed by atoms with Gasteiger partial charge in [0.25, 0.3) is 41.0 Å². The number of phenolic OH excluding ortho intramolecular Hbond substituents is 1. The van der Waals surface area contributed by atoms with Crippen LogP contribution in [0.3, 0.4) is 0 Å². The fourth-order valence-corrected chi connectivity index (χ4v) is 9.19. The second-order valence-corrected chi connectivity index (χ2v) is 20.1. The van der Waals surface area contributed by atoms with E-state index in [9.17, 15) is 59.3 Å². The topological polar surface area (TPSA) is 388 Å². The number of carbonyl (C=O) groups is 1. The Bertz CT molecular complexity index is 3380. The van der Waals surface area contributed by atoms with Crippen molar-refractivity contribution < 1.29 is 63.8 Å². The van der Waals surface area contributed by atoms with Crippen molar-refractivity contribution >= 4 is 104 Å². The predicted molar refractivity (Wildman–Crippen MR) is 232 cm³/mol. The van der Waals surface area contributed by atoms with E-state index in [1.54, 1.807) is 6.92 Å². The number of azo groups is 3. The van der Waals surface area contributed by atoms with Crippen molar-refractivity contribution in [3.8, 4) is 22.9 Å². The van der Waals surface area contributed by atoms with Gasteiger partial charge in [-0.2, -0.15) is 25.3 Å². The third kappa shape index (κ3) is 11.1. The molecular formula is C35H32N10O15S5. The number of nitrogens with zero attached hydrogens (tertiary/aromatic N) is 9. The molecule has 7 N–H and O–H groups in total. The number of H-pyrrole nitrogens is 1. The highest BCUT2D eigenvalue weighted by Crippen LogP contribution is 2.43. The standard InChI is InChI=1S/C35H32N10O15S5/c1-4-61-35-43-42-34(62-35)41-38-24-15-27(60-10-5-11-63(51,52)53)25(12-16(24)2)39-36-22-8-7-20-19(29(22)46)6-9-23(31(20)65(57,58)59)37-40-28-17(3)44-45(32(28)48)26-14-18(64(54,55)56)13-21(30(26)47)33(49)50/h6-9,12-15,44,46-47H,4-5,10-11H2,1-3H3,(H,49,50)(H,51,52,53)(H,54,55,56)(H,57,58,59). The van der Waals surface area contributed by atoms with Crippen molar-refractivity contribution in [1.29, 1.82) is 0 Å². The molecule has 0 bridgehead atoms. The van der Waals surface area contributed by atoms with Gasteiger partial charge in [-0.1, -0.05) is 36.1 Å². The Kier molecular flexibility index (Phi) is 13.9. The third-order valence-corrected chi connectivity index (χ3v) is 13.1. The summed E-state index contributed by atoms with van der Waals surface area (Å²) in [5.74, 6) is -3.27. The molecule has 0 saturated carbocycles. The molecule has 2 aromatic heterocycles. The van der Waals surface area contributed by atoms with Crippen LogP contribution in [0.25, 0.3) is 16.5 Å². The van der Waals surface area contributed by atoms with E-state index in [4.69, 9.17) is 9.29 Å². The van der Waals surface area contributed by atoms with Gasteiger partial charge in [-0.25, -0.2) is 9.48 Å². The van der Waals surface area contributed by atoms with Crippen LogP contribution in [0, 0.1) is 13.8 Å². The second-order valence-electron chi connectivity index (χ2n) is 13.2. The predicted octanol–water partition coefficient (Wildman–Crippen LogP) is 7.40. The fourth-order valence-electron chi connectivity index (χ4n) is 5.79. The number of aryl methyl sites for hydroxylation is 2. The Morgan fingerprint density at radius 3 is 2.14 bits per heavy atom. The SMILES string of the molecule is CCSc1nnc(N=Nc2cc(OCCCS(=O)(=O)O)c(N=Nc3ccc4c(S(=O)(=O)O)c(N=Nc5c(C)[nH]n(-c6cc(S(=O)(=O)O)cc(C(=O)O)c6O)c5=O)ccc4c3O)cc2C)s1. The van der Waals surface area contributed by atoms with Crippen molar-refractivity contribution in [1.82, 2.24) is 20.0 Å². The highest BCUT2D eigenvalue weighted by Gasteiger charge is 2.26. The molecule has 2 heterocycles. The highest BCUT2D eigenvalue weighted by molar-refractivity contribution is 8.01. The number of hydrogen-bond donors (Lipinski definition) is 7. The first-order valence-electron chi connectivity index (χ1n) is 18.1. The average Bonchev–Trinajstić information content (AvgIpc) is 3.78. The number of ether oxygens (including phenoxy) is 1.